The Morgan fingerprint density at radius 3 is 2.26 bits per heavy atom. The fraction of sp³-hybridized carbons (Fsp3) is 0.0333. The quantitative estimate of drug-likeness (QED) is 0.320. The van der Waals surface area contributed by atoms with Crippen LogP contribution in [0.3, 0.4) is 0 Å². The van der Waals surface area contributed by atoms with E-state index in [1.807, 2.05) is 12.3 Å². The zero-order chi connectivity index (χ0) is 22.5. The third-order valence-electron chi connectivity index (χ3n) is 6.70. The van der Waals surface area contributed by atoms with Crippen molar-refractivity contribution in [2.45, 2.75) is 6.04 Å². The van der Waals surface area contributed by atoms with Crippen LogP contribution in [0.1, 0.15) is 11.6 Å². The molecule has 0 aliphatic carbocycles. The number of hydrazone groups is 1. The zero-order valence-corrected chi connectivity index (χ0v) is 18.5. The Hall–Kier alpha value is -4.57. The molecule has 0 spiro atoms. The summed E-state index contributed by atoms with van der Waals surface area (Å²) in [6, 6.07) is 36.3. The van der Waals surface area contributed by atoms with Gasteiger partial charge in [0.2, 0.25) is 0 Å². The van der Waals surface area contributed by atoms with Gasteiger partial charge in [-0.1, -0.05) is 72.8 Å². The molecule has 0 saturated carbocycles. The molecule has 0 fully saturated rings. The summed E-state index contributed by atoms with van der Waals surface area (Å²) in [6.07, 6.45) is 6.36. The lowest BCUT2D eigenvalue weighted by molar-refractivity contribution is 0.654. The van der Waals surface area contributed by atoms with Gasteiger partial charge < -0.3 is 9.13 Å². The molecule has 1 atom stereocenters. The number of para-hydroxylation sites is 2. The fourth-order valence-corrected chi connectivity index (χ4v) is 5.16. The molecule has 1 unspecified atom stereocenters. The van der Waals surface area contributed by atoms with Crippen molar-refractivity contribution in [3.05, 3.63) is 121 Å². The van der Waals surface area contributed by atoms with Crippen LogP contribution in [0, 0.1) is 0 Å². The van der Waals surface area contributed by atoms with Crippen molar-refractivity contribution in [2.24, 2.45) is 5.10 Å². The number of fused-ring (bicyclic) bond motifs is 5. The highest BCUT2D eigenvalue weighted by atomic mass is 15.3. The second-order valence-electron chi connectivity index (χ2n) is 8.64. The number of aromatic nitrogens is 2. The predicted molar refractivity (Wildman–Crippen MR) is 141 cm³/mol. The van der Waals surface area contributed by atoms with Crippen LogP contribution >= 0.6 is 0 Å². The van der Waals surface area contributed by atoms with Gasteiger partial charge in [-0.05, 0) is 42.0 Å². The molecule has 4 heteroatoms. The standard InChI is InChI=1S/C30H22N4/c1-3-9-21(10-4-1)27-19-23(20-31-32-27)34-29-14-8-7-13-24(29)25-15-16-28-26(30(25)34)17-18-33(28)22-11-5-2-6-12-22/h1-20,27,32H. The SMILES string of the molecule is C1=NNC(c2ccccc2)C=C1n1c2ccccc2c2ccc3c(ccn3-c3ccccc3)c21. The smallest absolute Gasteiger partial charge is 0.0894 e. The van der Waals surface area contributed by atoms with E-state index in [9.17, 15) is 0 Å². The van der Waals surface area contributed by atoms with Crippen LogP contribution in [0.2, 0.25) is 0 Å². The van der Waals surface area contributed by atoms with Gasteiger partial charge >= 0.3 is 0 Å². The first kappa shape index (κ1) is 18.9. The minimum atomic E-state index is 0.0190. The summed E-state index contributed by atoms with van der Waals surface area (Å²) in [5.41, 5.74) is 10.3. The highest BCUT2D eigenvalue weighted by molar-refractivity contribution is 6.22. The number of nitrogens with zero attached hydrogens (tertiary/aromatic N) is 3. The van der Waals surface area contributed by atoms with E-state index in [4.69, 9.17) is 0 Å². The lowest BCUT2D eigenvalue weighted by atomic mass is 10.1. The molecule has 4 aromatic carbocycles. The van der Waals surface area contributed by atoms with Gasteiger partial charge in [0.05, 0.1) is 34.5 Å². The van der Waals surface area contributed by atoms with Crippen molar-refractivity contribution in [3.8, 4) is 5.69 Å². The number of nitrogens with one attached hydrogen (secondary N) is 1. The Morgan fingerprint density at radius 1 is 0.647 bits per heavy atom. The van der Waals surface area contributed by atoms with Gasteiger partial charge in [-0.25, -0.2) is 0 Å². The number of allylic oxidation sites excluding steroid dienone is 1. The molecule has 3 heterocycles. The van der Waals surface area contributed by atoms with Crippen LogP contribution < -0.4 is 5.43 Å². The first-order chi connectivity index (χ1) is 16.9. The van der Waals surface area contributed by atoms with E-state index >= 15 is 0 Å². The summed E-state index contributed by atoms with van der Waals surface area (Å²) >= 11 is 0. The van der Waals surface area contributed by atoms with E-state index in [0.29, 0.717) is 0 Å². The summed E-state index contributed by atoms with van der Waals surface area (Å²) in [7, 11) is 0. The molecule has 34 heavy (non-hydrogen) atoms. The second kappa shape index (κ2) is 7.49. The highest BCUT2D eigenvalue weighted by Gasteiger charge is 2.20. The Labute approximate surface area is 197 Å². The molecule has 1 N–H and O–H groups in total. The lowest BCUT2D eigenvalue weighted by Gasteiger charge is -2.20. The van der Waals surface area contributed by atoms with Crippen LogP contribution in [0.25, 0.3) is 44.1 Å². The van der Waals surface area contributed by atoms with Gasteiger partial charge in [0.25, 0.3) is 0 Å². The molecule has 0 amide bonds. The molecule has 1 aliphatic rings. The number of hydrogen-bond donors (Lipinski definition) is 1. The van der Waals surface area contributed by atoms with Crippen molar-refractivity contribution in [1.29, 1.82) is 0 Å². The van der Waals surface area contributed by atoms with E-state index in [1.165, 1.54) is 38.3 Å². The van der Waals surface area contributed by atoms with Crippen molar-refractivity contribution >= 4 is 44.6 Å². The highest BCUT2D eigenvalue weighted by Crippen LogP contribution is 2.38. The summed E-state index contributed by atoms with van der Waals surface area (Å²) in [5.74, 6) is 0. The second-order valence-corrected chi connectivity index (χ2v) is 8.64. The summed E-state index contributed by atoms with van der Waals surface area (Å²) < 4.78 is 4.62. The van der Waals surface area contributed by atoms with E-state index in [1.54, 1.807) is 0 Å². The monoisotopic (exact) mass is 438 g/mol. The van der Waals surface area contributed by atoms with Crippen molar-refractivity contribution in [3.63, 3.8) is 0 Å². The maximum absolute atomic E-state index is 4.55. The van der Waals surface area contributed by atoms with Gasteiger partial charge in [-0.3, -0.25) is 5.43 Å². The van der Waals surface area contributed by atoms with Crippen LogP contribution in [-0.4, -0.2) is 15.3 Å². The minimum Gasteiger partial charge on any atom is -0.316 e. The lowest BCUT2D eigenvalue weighted by Crippen LogP contribution is -2.19. The fourth-order valence-electron chi connectivity index (χ4n) is 5.16. The van der Waals surface area contributed by atoms with Gasteiger partial charge in [-0.15, -0.1) is 0 Å². The topological polar surface area (TPSA) is 34.2 Å². The molecule has 0 saturated heterocycles. The van der Waals surface area contributed by atoms with E-state index in [0.717, 1.165) is 11.4 Å². The van der Waals surface area contributed by atoms with Crippen LogP contribution in [0.4, 0.5) is 0 Å². The first-order valence-corrected chi connectivity index (χ1v) is 11.5. The number of rotatable bonds is 3. The first-order valence-electron chi connectivity index (χ1n) is 11.5. The summed E-state index contributed by atoms with van der Waals surface area (Å²) in [4.78, 5) is 0. The Kier molecular flexibility index (Phi) is 4.18. The third-order valence-corrected chi connectivity index (χ3v) is 6.70. The van der Waals surface area contributed by atoms with Crippen LogP contribution in [0.5, 0.6) is 0 Å². The van der Waals surface area contributed by atoms with Crippen LogP contribution in [0.15, 0.2) is 121 Å². The molecule has 2 aromatic heterocycles. The maximum Gasteiger partial charge on any atom is 0.0894 e. The molecular weight excluding hydrogens is 416 g/mol. The van der Waals surface area contributed by atoms with Crippen molar-refractivity contribution < 1.29 is 0 Å². The summed E-state index contributed by atoms with van der Waals surface area (Å²) in [6.45, 7) is 0. The Bertz CT molecular complexity index is 1720. The molecular formula is C30H22N4. The van der Waals surface area contributed by atoms with Gasteiger partial charge in [0.1, 0.15) is 0 Å². The Morgan fingerprint density at radius 2 is 1.41 bits per heavy atom. The van der Waals surface area contributed by atoms with E-state index < -0.39 is 0 Å². The molecule has 0 bridgehead atoms. The normalized spacial score (nSPS) is 15.6. The average molecular weight is 439 g/mol. The van der Waals surface area contributed by atoms with Gasteiger partial charge in [0, 0.05) is 28.0 Å². The third kappa shape index (κ3) is 2.82. The van der Waals surface area contributed by atoms with E-state index in [2.05, 4.69) is 129 Å². The summed E-state index contributed by atoms with van der Waals surface area (Å²) in [5, 5.41) is 8.27. The predicted octanol–water partition coefficient (Wildman–Crippen LogP) is 6.91. The maximum atomic E-state index is 4.55. The van der Waals surface area contributed by atoms with Gasteiger partial charge in [-0.2, -0.15) is 5.10 Å². The Balaban J connectivity index is 1.52. The molecule has 0 radical (unpaired) electrons. The minimum absolute atomic E-state index is 0.0190. The average Bonchev–Trinajstić information content (AvgIpc) is 3.49. The van der Waals surface area contributed by atoms with Crippen molar-refractivity contribution in [2.75, 3.05) is 0 Å². The van der Waals surface area contributed by atoms with Gasteiger partial charge in [0.15, 0.2) is 0 Å². The molecule has 162 valence electrons. The van der Waals surface area contributed by atoms with Crippen molar-refractivity contribution in [1.82, 2.24) is 14.6 Å². The largest absolute Gasteiger partial charge is 0.316 e. The molecule has 4 nitrogen and oxygen atoms in total. The number of hydrogen-bond acceptors (Lipinski definition) is 2. The van der Waals surface area contributed by atoms with Crippen LogP contribution in [-0.2, 0) is 0 Å². The molecule has 1 aliphatic heterocycles. The van der Waals surface area contributed by atoms with E-state index in [-0.39, 0.29) is 6.04 Å². The molecule has 6 aromatic rings. The zero-order valence-electron chi connectivity index (χ0n) is 18.5. The molecule has 7 rings (SSSR count). The number of benzene rings is 4.